The summed E-state index contributed by atoms with van der Waals surface area (Å²) in [5.41, 5.74) is 5.37. The van der Waals surface area contributed by atoms with Gasteiger partial charge in [0.1, 0.15) is 0 Å². The first-order chi connectivity index (χ1) is 6.43. The van der Waals surface area contributed by atoms with E-state index in [2.05, 4.69) is 15.9 Å². The van der Waals surface area contributed by atoms with Gasteiger partial charge in [0.05, 0.1) is 0 Å². The van der Waals surface area contributed by atoms with Gasteiger partial charge in [-0.2, -0.15) is 0 Å². The molecule has 1 unspecified atom stereocenters. The molecule has 0 aliphatic heterocycles. The molecule has 0 aliphatic rings. The Morgan fingerprint density at radius 2 is 2.00 bits per heavy atom. The first kappa shape index (κ1) is 11.6. The van der Waals surface area contributed by atoms with Crippen LogP contribution in [0.2, 0.25) is 0 Å². The van der Waals surface area contributed by atoms with E-state index >= 15 is 0 Å². The third-order valence-corrected chi connectivity index (χ3v) is 2.54. The minimum absolute atomic E-state index is 0.00250. The van der Waals surface area contributed by atoms with E-state index in [0.29, 0.717) is 4.47 Å². The molecule has 1 rings (SSSR count). The highest BCUT2D eigenvalue weighted by Gasteiger charge is 2.34. The van der Waals surface area contributed by atoms with Crippen molar-refractivity contribution < 1.29 is 8.78 Å². The molecule has 1 nitrogen and oxygen atoms in total. The van der Waals surface area contributed by atoms with Crippen LogP contribution in [-0.2, 0) is 5.92 Å². The molecule has 0 amide bonds. The maximum Gasteiger partial charge on any atom is 0.275 e. The summed E-state index contributed by atoms with van der Waals surface area (Å²) in [5, 5.41) is 0. The number of hydrogen-bond acceptors (Lipinski definition) is 1. The summed E-state index contributed by atoms with van der Waals surface area (Å²) in [6.45, 7) is 1.57. The van der Waals surface area contributed by atoms with Gasteiger partial charge < -0.3 is 5.73 Å². The molecule has 0 heterocycles. The van der Waals surface area contributed by atoms with E-state index in [9.17, 15) is 8.78 Å². The highest BCUT2D eigenvalue weighted by molar-refractivity contribution is 9.10. The number of benzene rings is 1. The Labute approximate surface area is 90.4 Å². The maximum absolute atomic E-state index is 13.6. The van der Waals surface area contributed by atoms with Crippen molar-refractivity contribution in [3.63, 3.8) is 0 Å². The SMILES string of the molecule is CC(N)CC(F)(F)c1ccccc1Br. The van der Waals surface area contributed by atoms with Crippen LogP contribution in [0.15, 0.2) is 28.7 Å². The summed E-state index contributed by atoms with van der Waals surface area (Å²) in [5.74, 6) is -2.87. The quantitative estimate of drug-likeness (QED) is 0.890. The van der Waals surface area contributed by atoms with Crippen molar-refractivity contribution in [3.05, 3.63) is 34.3 Å². The molecule has 1 atom stereocenters. The molecule has 0 fully saturated rings. The van der Waals surface area contributed by atoms with Gasteiger partial charge in [0.25, 0.3) is 5.92 Å². The van der Waals surface area contributed by atoms with Crippen LogP contribution < -0.4 is 5.73 Å². The molecule has 0 spiro atoms. The molecule has 0 bridgehead atoms. The van der Waals surface area contributed by atoms with E-state index < -0.39 is 12.0 Å². The molecule has 2 N–H and O–H groups in total. The van der Waals surface area contributed by atoms with Crippen molar-refractivity contribution in [2.24, 2.45) is 5.73 Å². The average molecular weight is 264 g/mol. The zero-order chi connectivity index (χ0) is 10.8. The third-order valence-electron chi connectivity index (χ3n) is 1.85. The number of rotatable bonds is 3. The van der Waals surface area contributed by atoms with Crippen molar-refractivity contribution in [2.45, 2.75) is 25.3 Å². The Morgan fingerprint density at radius 1 is 1.43 bits per heavy atom. The number of halogens is 3. The summed E-state index contributed by atoms with van der Waals surface area (Å²) in [7, 11) is 0. The lowest BCUT2D eigenvalue weighted by atomic mass is 10.0. The van der Waals surface area contributed by atoms with Crippen molar-refractivity contribution in [1.82, 2.24) is 0 Å². The van der Waals surface area contributed by atoms with Crippen LogP contribution in [0.5, 0.6) is 0 Å². The predicted molar refractivity (Wildman–Crippen MR) is 56.3 cm³/mol. The second-order valence-electron chi connectivity index (χ2n) is 3.37. The van der Waals surface area contributed by atoms with E-state index in [4.69, 9.17) is 5.73 Å². The Bertz CT molecular complexity index is 313. The number of hydrogen-bond donors (Lipinski definition) is 1. The van der Waals surface area contributed by atoms with Crippen LogP contribution in [0, 0.1) is 0 Å². The van der Waals surface area contributed by atoms with Gasteiger partial charge in [0, 0.05) is 22.5 Å². The predicted octanol–water partition coefficient (Wildman–Crippen LogP) is 3.28. The topological polar surface area (TPSA) is 26.0 Å². The molecule has 1 aromatic rings. The molecule has 0 aliphatic carbocycles. The molecule has 4 heteroatoms. The van der Waals surface area contributed by atoms with Crippen molar-refractivity contribution in [2.75, 3.05) is 0 Å². The van der Waals surface area contributed by atoms with Gasteiger partial charge in [-0.05, 0) is 13.0 Å². The van der Waals surface area contributed by atoms with E-state index in [1.54, 1.807) is 25.1 Å². The fourth-order valence-corrected chi connectivity index (χ4v) is 1.85. The lowest BCUT2D eigenvalue weighted by Crippen LogP contribution is -2.26. The summed E-state index contributed by atoms with van der Waals surface area (Å²) in [6.07, 6.45) is -0.338. The van der Waals surface area contributed by atoms with Gasteiger partial charge in [-0.15, -0.1) is 0 Å². The minimum atomic E-state index is -2.87. The van der Waals surface area contributed by atoms with Gasteiger partial charge in [0.15, 0.2) is 0 Å². The highest BCUT2D eigenvalue weighted by atomic mass is 79.9. The Hall–Kier alpha value is -0.480. The van der Waals surface area contributed by atoms with Gasteiger partial charge in [-0.3, -0.25) is 0 Å². The zero-order valence-corrected chi connectivity index (χ0v) is 9.39. The second kappa shape index (κ2) is 4.36. The Kier molecular flexibility index (Phi) is 3.61. The van der Waals surface area contributed by atoms with Crippen LogP contribution in [0.3, 0.4) is 0 Å². The monoisotopic (exact) mass is 263 g/mol. The molecule has 0 saturated carbocycles. The fraction of sp³-hybridized carbons (Fsp3) is 0.400. The molecular formula is C10H12BrF2N. The Morgan fingerprint density at radius 3 is 2.50 bits per heavy atom. The van der Waals surface area contributed by atoms with E-state index in [1.807, 2.05) is 0 Å². The molecule has 78 valence electrons. The van der Waals surface area contributed by atoms with Crippen LogP contribution in [-0.4, -0.2) is 6.04 Å². The zero-order valence-electron chi connectivity index (χ0n) is 7.81. The minimum Gasteiger partial charge on any atom is -0.328 e. The van der Waals surface area contributed by atoms with E-state index in [1.165, 1.54) is 6.07 Å². The highest BCUT2D eigenvalue weighted by Crippen LogP contribution is 2.36. The van der Waals surface area contributed by atoms with E-state index in [-0.39, 0.29) is 12.0 Å². The smallest absolute Gasteiger partial charge is 0.275 e. The van der Waals surface area contributed by atoms with Crippen LogP contribution >= 0.6 is 15.9 Å². The van der Waals surface area contributed by atoms with Crippen LogP contribution in [0.1, 0.15) is 18.9 Å². The van der Waals surface area contributed by atoms with Crippen molar-refractivity contribution in [3.8, 4) is 0 Å². The second-order valence-corrected chi connectivity index (χ2v) is 4.22. The van der Waals surface area contributed by atoms with Crippen LogP contribution in [0.4, 0.5) is 8.78 Å². The summed E-state index contributed by atoms with van der Waals surface area (Å²) in [4.78, 5) is 0. The van der Waals surface area contributed by atoms with Crippen molar-refractivity contribution >= 4 is 15.9 Å². The number of nitrogens with two attached hydrogens (primary N) is 1. The van der Waals surface area contributed by atoms with Gasteiger partial charge in [0.2, 0.25) is 0 Å². The Balaban J connectivity index is 2.97. The first-order valence-corrected chi connectivity index (χ1v) is 5.11. The first-order valence-electron chi connectivity index (χ1n) is 4.32. The normalized spacial score (nSPS) is 14.1. The largest absolute Gasteiger partial charge is 0.328 e. The summed E-state index contributed by atoms with van der Waals surface area (Å²) >= 11 is 3.10. The molecule has 0 aromatic heterocycles. The van der Waals surface area contributed by atoms with Crippen LogP contribution in [0.25, 0.3) is 0 Å². The third kappa shape index (κ3) is 2.75. The molecule has 1 aromatic carbocycles. The van der Waals surface area contributed by atoms with Gasteiger partial charge >= 0.3 is 0 Å². The van der Waals surface area contributed by atoms with Gasteiger partial charge in [-0.25, -0.2) is 8.78 Å². The van der Waals surface area contributed by atoms with E-state index in [0.717, 1.165) is 0 Å². The summed E-state index contributed by atoms with van der Waals surface area (Å²) < 4.78 is 27.5. The van der Waals surface area contributed by atoms with Crippen molar-refractivity contribution in [1.29, 1.82) is 0 Å². The number of alkyl halides is 2. The molecule has 14 heavy (non-hydrogen) atoms. The molecule has 0 radical (unpaired) electrons. The lowest BCUT2D eigenvalue weighted by Gasteiger charge is -2.19. The maximum atomic E-state index is 13.6. The fourth-order valence-electron chi connectivity index (χ4n) is 1.27. The standard InChI is InChI=1S/C10H12BrF2N/c1-7(14)6-10(12,13)8-4-2-3-5-9(8)11/h2-5,7H,6,14H2,1H3. The van der Waals surface area contributed by atoms with Gasteiger partial charge in [-0.1, -0.05) is 34.1 Å². The molecular weight excluding hydrogens is 252 g/mol. The summed E-state index contributed by atoms with van der Waals surface area (Å²) in [6, 6.07) is 5.79. The molecule has 0 saturated heterocycles. The lowest BCUT2D eigenvalue weighted by molar-refractivity contribution is -0.0188. The average Bonchev–Trinajstić information content (AvgIpc) is 2.02.